The van der Waals surface area contributed by atoms with Crippen LogP contribution < -0.4 is 16.6 Å². The first-order chi connectivity index (χ1) is 6.83. The van der Waals surface area contributed by atoms with Crippen molar-refractivity contribution in [2.75, 3.05) is 18.4 Å². The van der Waals surface area contributed by atoms with E-state index in [2.05, 4.69) is 10.3 Å². The molecule has 1 aromatic rings. The molecule has 0 aliphatic heterocycles. The maximum absolute atomic E-state index is 11.8. The standard InChI is InChI=1S/C9H14N4O/c10-3-4-11-8-9(14)13(6-5-12-8)7-1-2-7/h5-7H,1-4,10H2,(H,11,12). The van der Waals surface area contributed by atoms with Crippen LogP contribution in [0.4, 0.5) is 5.82 Å². The highest BCUT2D eigenvalue weighted by atomic mass is 16.1. The van der Waals surface area contributed by atoms with Crippen molar-refractivity contribution in [3.05, 3.63) is 22.7 Å². The molecule has 1 aromatic heterocycles. The molecular formula is C9H14N4O. The maximum atomic E-state index is 11.8. The Kier molecular flexibility index (Phi) is 2.49. The average Bonchev–Trinajstić information content (AvgIpc) is 3.00. The Hall–Kier alpha value is -1.36. The highest BCUT2D eigenvalue weighted by Gasteiger charge is 2.24. The van der Waals surface area contributed by atoms with E-state index < -0.39 is 0 Å². The number of anilines is 1. The Morgan fingerprint density at radius 2 is 2.43 bits per heavy atom. The molecule has 0 aromatic carbocycles. The maximum Gasteiger partial charge on any atom is 0.293 e. The number of hydrogen-bond donors (Lipinski definition) is 2. The van der Waals surface area contributed by atoms with E-state index in [-0.39, 0.29) is 5.56 Å². The minimum absolute atomic E-state index is 0.0385. The SMILES string of the molecule is NCCNc1nccn(C2CC2)c1=O. The van der Waals surface area contributed by atoms with Crippen molar-refractivity contribution in [1.29, 1.82) is 0 Å². The second-order valence-electron chi connectivity index (χ2n) is 3.43. The molecule has 0 unspecified atom stereocenters. The van der Waals surface area contributed by atoms with Crippen molar-refractivity contribution in [3.8, 4) is 0 Å². The van der Waals surface area contributed by atoms with Gasteiger partial charge < -0.3 is 15.6 Å². The number of hydrogen-bond acceptors (Lipinski definition) is 4. The van der Waals surface area contributed by atoms with Gasteiger partial charge in [-0.1, -0.05) is 0 Å². The second kappa shape index (κ2) is 3.79. The lowest BCUT2D eigenvalue weighted by Crippen LogP contribution is -2.25. The van der Waals surface area contributed by atoms with Gasteiger partial charge in [0.25, 0.3) is 5.56 Å². The minimum atomic E-state index is -0.0385. The number of nitrogens with one attached hydrogen (secondary N) is 1. The Bertz CT molecular complexity index is 369. The molecule has 1 aliphatic rings. The van der Waals surface area contributed by atoms with Crippen LogP contribution in [-0.2, 0) is 0 Å². The quantitative estimate of drug-likeness (QED) is 0.704. The molecule has 1 fully saturated rings. The molecular weight excluding hydrogens is 180 g/mol. The van der Waals surface area contributed by atoms with Gasteiger partial charge in [0.2, 0.25) is 0 Å². The molecule has 1 saturated carbocycles. The van der Waals surface area contributed by atoms with Crippen LogP contribution in [0.3, 0.4) is 0 Å². The van der Waals surface area contributed by atoms with Crippen LogP contribution in [0.15, 0.2) is 17.2 Å². The fourth-order valence-electron chi connectivity index (χ4n) is 1.38. The molecule has 1 heterocycles. The third-order valence-electron chi connectivity index (χ3n) is 2.25. The topological polar surface area (TPSA) is 72.9 Å². The molecule has 76 valence electrons. The summed E-state index contributed by atoms with van der Waals surface area (Å²) in [6, 6.07) is 0.393. The first kappa shape index (κ1) is 9.21. The largest absolute Gasteiger partial charge is 0.364 e. The van der Waals surface area contributed by atoms with Crippen LogP contribution in [-0.4, -0.2) is 22.6 Å². The summed E-state index contributed by atoms with van der Waals surface area (Å²) >= 11 is 0. The van der Waals surface area contributed by atoms with E-state index in [1.54, 1.807) is 17.0 Å². The van der Waals surface area contributed by atoms with Gasteiger partial charge in [0.05, 0.1) is 0 Å². The molecule has 0 saturated heterocycles. The van der Waals surface area contributed by atoms with Gasteiger partial charge in [0.1, 0.15) is 0 Å². The minimum Gasteiger partial charge on any atom is -0.364 e. The Morgan fingerprint density at radius 3 is 3.07 bits per heavy atom. The summed E-state index contributed by atoms with van der Waals surface area (Å²) in [6.07, 6.45) is 5.59. The fraction of sp³-hybridized carbons (Fsp3) is 0.556. The molecule has 0 spiro atoms. The van der Waals surface area contributed by atoms with Gasteiger partial charge in [-0.25, -0.2) is 4.98 Å². The predicted molar refractivity (Wildman–Crippen MR) is 54.3 cm³/mol. The lowest BCUT2D eigenvalue weighted by atomic mass is 10.5. The van der Waals surface area contributed by atoms with Gasteiger partial charge in [-0.3, -0.25) is 4.79 Å². The normalized spacial score (nSPS) is 15.5. The second-order valence-corrected chi connectivity index (χ2v) is 3.43. The first-order valence-corrected chi connectivity index (χ1v) is 4.84. The number of nitrogens with zero attached hydrogens (tertiary/aromatic N) is 2. The third kappa shape index (κ3) is 1.77. The van der Waals surface area contributed by atoms with Gasteiger partial charge in [0, 0.05) is 31.5 Å². The van der Waals surface area contributed by atoms with E-state index in [1.807, 2.05) is 0 Å². The van der Waals surface area contributed by atoms with Crippen LogP contribution in [0.25, 0.3) is 0 Å². The monoisotopic (exact) mass is 194 g/mol. The summed E-state index contributed by atoms with van der Waals surface area (Å²) < 4.78 is 1.74. The van der Waals surface area contributed by atoms with E-state index in [4.69, 9.17) is 5.73 Å². The highest BCUT2D eigenvalue weighted by molar-refractivity contribution is 5.31. The van der Waals surface area contributed by atoms with Crippen LogP contribution in [0.5, 0.6) is 0 Å². The first-order valence-electron chi connectivity index (χ1n) is 4.84. The van der Waals surface area contributed by atoms with Crippen molar-refractivity contribution >= 4 is 5.82 Å². The zero-order valence-corrected chi connectivity index (χ0v) is 7.94. The zero-order chi connectivity index (χ0) is 9.97. The summed E-state index contributed by atoms with van der Waals surface area (Å²) in [5.74, 6) is 0.407. The summed E-state index contributed by atoms with van der Waals surface area (Å²) in [4.78, 5) is 15.7. The number of aromatic nitrogens is 2. The Labute approximate surface area is 82.0 Å². The third-order valence-corrected chi connectivity index (χ3v) is 2.25. The fourth-order valence-corrected chi connectivity index (χ4v) is 1.38. The summed E-state index contributed by atoms with van der Waals surface area (Å²) in [5.41, 5.74) is 5.30. The molecule has 0 amide bonds. The van der Waals surface area contributed by atoms with Gasteiger partial charge in [-0.05, 0) is 12.8 Å². The molecule has 3 N–H and O–H groups in total. The average molecular weight is 194 g/mol. The zero-order valence-electron chi connectivity index (χ0n) is 7.94. The van der Waals surface area contributed by atoms with Crippen molar-refractivity contribution in [1.82, 2.24) is 9.55 Å². The van der Waals surface area contributed by atoms with Gasteiger partial charge >= 0.3 is 0 Å². The molecule has 14 heavy (non-hydrogen) atoms. The highest BCUT2D eigenvalue weighted by Crippen LogP contribution is 2.33. The Balaban J connectivity index is 2.22. The molecule has 0 radical (unpaired) electrons. The molecule has 2 rings (SSSR count). The van der Waals surface area contributed by atoms with Crippen LogP contribution in [0.2, 0.25) is 0 Å². The van der Waals surface area contributed by atoms with E-state index in [0.717, 1.165) is 12.8 Å². The molecule has 1 aliphatic carbocycles. The van der Waals surface area contributed by atoms with E-state index in [1.165, 1.54) is 0 Å². The van der Waals surface area contributed by atoms with E-state index >= 15 is 0 Å². The van der Waals surface area contributed by atoms with Crippen molar-refractivity contribution in [3.63, 3.8) is 0 Å². The van der Waals surface area contributed by atoms with Gasteiger partial charge in [-0.2, -0.15) is 0 Å². The Morgan fingerprint density at radius 1 is 1.64 bits per heavy atom. The van der Waals surface area contributed by atoms with E-state index in [9.17, 15) is 4.79 Å². The molecule has 5 heteroatoms. The van der Waals surface area contributed by atoms with E-state index in [0.29, 0.717) is 24.9 Å². The van der Waals surface area contributed by atoms with Gasteiger partial charge in [-0.15, -0.1) is 0 Å². The van der Waals surface area contributed by atoms with Gasteiger partial charge in [0.15, 0.2) is 5.82 Å². The molecule has 0 bridgehead atoms. The smallest absolute Gasteiger partial charge is 0.293 e. The lowest BCUT2D eigenvalue weighted by Gasteiger charge is -2.06. The lowest BCUT2D eigenvalue weighted by molar-refractivity contribution is 0.699. The summed E-state index contributed by atoms with van der Waals surface area (Å²) in [5, 5.41) is 2.92. The van der Waals surface area contributed by atoms with Crippen LogP contribution >= 0.6 is 0 Å². The molecule has 0 atom stereocenters. The van der Waals surface area contributed by atoms with Crippen LogP contribution in [0, 0.1) is 0 Å². The van der Waals surface area contributed by atoms with Crippen molar-refractivity contribution < 1.29 is 0 Å². The van der Waals surface area contributed by atoms with Crippen LogP contribution in [0.1, 0.15) is 18.9 Å². The molecule has 5 nitrogen and oxygen atoms in total. The van der Waals surface area contributed by atoms with Crippen molar-refractivity contribution in [2.45, 2.75) is 18.9 Å². The number of nitrogens with two attached hydrogens (primary N) is 1. The predicted octanol–water partition coefficient (Wildman–Crippen LogP) is -0.0512. The van der Waals surface area contributed by atoms with Crippen molar-refractivity contribution in [2.24, 2.45) is 5.73 Å². The number of rotatable bonds is 4. The summed E-state index contributed by atoms with van der Waals surface area (Å²) in [7, 11) is 0. The summed E-state index contributed by atoms with van der Waals surface area (Å²) in [6.45, 7) is 1.08.